The van der Waals surface area contributed by atoms with Crippen molar-refractivity contribution in [2.45, 2.75) is 52.1 Å². The molecule has 1 atom stereocenters. The summed E-state index contributed by atoms with van der Waals surface area (Å²) in [4.78, 5) is 11.9. The molecule has 0 aromatic heterocycles. The van der Waals surface area contributed by atoms with Crippen molar-refractivity contribution >= 4 is 12.0 Å². The molecule has 1 aromatic rings. The van der Waals surface area contributed by atoms with E-state index in [9.17, 15) is 9.90 Å². The highest BCUT2D eigenvalue weighted by atomic mass is 16.5. The SMILES string of the molecule is CCCCCC(CC)OC(=O)C=Cc1ccc(O)c(OC)c1. The number of ether oxygens (including phenoxy) is 2. The molecule has 1 rings (SSSR count). The molecule has 1 N–H and O–H groups in total. The zero-order chi connectivity index (χ0) is 16.4. The molecule has 0 radical (unpaired) electrons. The summed E-state index contributed by atoms with van der Waals surface area (Å²) in [5.74, 6) is 0.112. The van der Waals surface area contributed by atoms with Crippen molar-refractivity contribution in [1.82, 2.24) is 0 Å². The number of unbranched alkanes of at least 4 members (excludes halogenated alkanes) is 2. The summed E-state index contributed by atoms with van der Waals surface area (Å²) in [5.41, 5.74) is 0.769. The third kappa shape index (κ3) is 6.20. The Balaban J connectivity index is 2.55. The fourth-order valence-corrected chi connectivity index (χ4v) is 2.13. The number of aromatic hydroxyl groups is 1. The first-order valence-electron chi connectivity index (χ1n) is 7.86. The Morgan fingerprint density at radius 2 is 2.09 bits per heavy atom. The van der Waals surface area contributed by atoms with Gasteiger partial charge >= 0.3 is 5.97 Å². The predicted molar refractivity (Wildman–Crippen MR) is 88.0 cm³/mol. The van der Waals surface area contributed by atoms with Crippen LogP contribution in [-0.4, -0.2) is 24.3 Å². The van der Waals surface area contributed by atoms with Gasteiger partial charge in [0.25, 0.3) is 0 Å². The minimum Gasteiger partial charge on any atom is -0.504 e. The van der Waals surface area contributed by atoms with Gasteiger partial charge in [0, 0.05) is 6.08 Å². The quantitative estimate of drug-likeness (QED) is 0.419. The third-order valence-electron chi connectivity index (χ3n) is 3.48. The Labute approximate surface area is 132 Å². The van der Waals surface area contributed by atoms with Gasteiger partial charge in [-0.15, -0.1) is 0 Å². The molecule has 1 unspecified atom stereocenters. The maximum Gasteiger partial charge on any atom is 0.331 e. The number of esters is 1. The molecule has 0 fully saturated rings. The average Bonchev–Trinajstić information content (AvgIpc) is 2.53. The van der Waals surface area contributed by atoms with Crippen LogP contribution in [0, 0.1) is 0 Å². The lowest BCUT2D eigenvalue weighted by Gasteiger charge is -2.14. The fourth-order valence-electron chi connectivity index (χ4n) is 2.13. The topological polar surface area (TPSA) is 55.8 Å². The van der Waals surface area contributed by atoms with Crippen LogP contribution < -0.4 is 4.74 Å². The van der Waals surface area contributed by atoms with Crippen LogP contribution >= 0.6 is 0 Å². The van der Waals surface area contributed by atoms with E-state index < -0.39 is 0 Å². The van der Waals surface area contributed by atoms with Crippen LogP contribution in [0.15, 0.2) is 24.3 Å². The van der Waals surface area contributed by atoms with E-state index in [0.717, 1.165) is 37.7 Å². The van der Waals surface area contributed by atoms with Gasteiger partial charge in [-0.05, 0) is 43.0 Å². The van der Waals surface area contributed by atoms with Crippen molar-refractivity contribution in [3.05, 3.63) is 29.8 Å². The number of carbonyl (C=O) groups excluding carboxylic acids is 1. The molecule has 0 aliphatic heterocycles. The van der Waals surface area contributed by atoms with Crippen molar-refractivity contribution in [3.63, 3.8) is 0 Å². The molecule has 0 saturated heterocycles. The Bertz CT molecular complexity index is 494. The zero-order valence-corrected chi connectivity index (χ0v) is 13.7. The van der Waals surface area contributed by atoms with E-state index >= 15 is 0 Å². The van der Waals surface area contributed by atoms with Crippen molar-refractivity contribution in [3.8, 4) is 11.5 Å². The standard InChI is InChI=1S/C18H26O4/c1-4-6-7-8-15(5-2)22-18(20)12-10-14-9-11-16(19)17(13-14)21-3/h9-13,15,19H,4-8H2,1-3H3. The minimum absolute atomic E-state index is 0.0157. The van der Waals surface area contributed by atoms with E-state index in [-0.39, 0.29) is 17.8 Å². The van der Waals surface area contributed by atoms with Crippen LogP contribution in [0.3, 0.4) is 0 Å². The lowest BCUT2D eigenvalue weighted by atomic mass is 10.1. The van der Waals surface area contributed by atoms with Gasteiger partial charge in [0.15, 0.2) is 11.5 Å². The van der Waals surface area contributed by atoms with Gasteiger partial charge in [-0.25, -0.2) is 4.79 Å². The first-order chi connectivity index (χ1) is 10.6. The highest BCUT2D eigenvalue weighted by Crippen LogP contribution is 2.26. The Hall–Kier alpha value is -1.97. The van der Waals surface area contributed by atoms with E-state index in [4.69, 9.17) is 9.47 Å². The maximum absolute atomic E-state index is 11.9. The van der Waals surface area contributed by atoms with E-state index in [1.165, 1.54) is 19.3 Å². The molecule has 0 bridgehead atoms. The van der Waals surface area contributed by atoms with Gasteiger partial charge in [0.1, 0.15) is 6.10 Å². The molecule has 0 saturated carbocycles. The number of rotatable bonds is 9. The van der Waals surface area contributed by atoms with Gasteiger partial charge in [-0.1, -0.05) is 32.8 Å². The molecule has 0 aliphatic carbocycles. The van der Waals surface area contributed by atoms with Crippen LogP contribution in [0.1, 0.15) is 51.5 Å². The Morgan fingerprint density at radius 1 is 1.32 bits per heavy atom. The monoisotopic (exact) mass is 306 g/mol. The molecular formula is C18H26O4. The van der Waals surface area contributed by atoms with Gasteiger partial charge in [0.2, 0.25) is 0 Å². The van der Waals surface area contributed by atoms with Crippen LogP contribution in [0.2, 0.25) is 0 Å². The first kappa shape index (κ1) is 18.1. The number of phenols is 1. The van der Waals surface area contributed by atoms with E-state index in [1.54, 1.807) is 18.2 Å². The molecule has 0 amide bonds. The molecule has 22 heavy (non-hydrogen) atoms. The smallest absolute Gasteiger partial charge is 0.331 e. The number of benzene rings is 1. The number of hydrogen-bond acceptors (Lipinski definition) is 4. The molecule has 0 heterocycles. The molecule has 4 heteroatoms. The number of phenolic OH excluding ortho intramolecular Hbond substituents is 1. The highest BCUT2D eigenvalue weighted by molar-refractivity contribution is 5.87. The average molecular weight is 306 g/mol. The van der Waals surface area contributed by atoms with E-state index in [0.29, 0.717) is 5.75 Å². The summed E-state index contributed by atoms with van der Waals surface area (Å²) < 4.78 is 10.5. The predicted octanol–water partition coefficient (Wildman–Crippen LogP) is 4.32. The molecule has 0 spiro atoms. The largest absolute Gasteiger partial charge is 0.504 e. The molecule has 4 nitrogen and oxygen atoms in total. The molecule has 1 aromatic carbocycles. The van der Waals surface area contributed by atoms with Crippen LogP contribution in [0.5, 0.6) is 11.5 Å². The first-order valence-corrected chi connectivity index (χ1v) is 7.86. The summed E-state index contributed by atoms with van der Waals surface area (Å²) in [6, 6.07) is 4.90. The Kier molecular flexibility index (Phi) is 8.11. The minimum atomic E-state index is -0.338. The van der Waals surface area contributed by atoms with E-state index in [2.05, 4.69) is 6.92 Å². The molecule has 122 valence electrons. The Morgan fingerprint density at radius 3 is 2.73 bits per heavy atom. The van der Waals surface area contributed by atoms with Gasteiger partial charge in [0.05, 0.1) is 7.11 Å². The summed E-state index contributed by atoms with van der Waals surface area (Å²) in [7, 11) is 1.49. The maximum atomic E-state index is 11.9. The lowest BCUT2D eigenvalue weighted by Crippen LogP contribution is -2.15. The summed E-state index contributed by atoms with van der Waals surface area (Å²) in [5, 5.41) is 9.53. The van der Waals surface area contributed by atoms with Crippen molar-refractivity contribution in [1.29, 1.82) is 0 Å². The van der Waals surface area contributed by atoms with Gasteiger partial charge in [-0.2, -0.15) is 0 Å². The lowest BCUT2D eigenvalue weighted by molar-refractivity contribution is -0.143. The normalized spacial score (nSPS) is 12.3. The highest BCUT2D eigenvalue weighted by Gasteiger charge is 2.10. The third-order valence-corrected chi connectivity index (χ3v) is 3.48. The second kappa shape index (κ2) is 9.87. The van der Waals surface area contributed by atoms with Crippen molar-refractivity contribution < 1.29 is 19.4 Å². The second-order valence-corrected chi connectivity index (χ2v) is 5.23. The second-order valence-electron chi connectivity index (χ2n) is 5.23. The summed E-state index contributed by atoms with van der Waals surface area (Å²) in [6.45, 7) is 4.18. The van der Waals surface area contributed by atoms with Gasteiger partial charge in [-0.3, -0.25) is 0 Å². The fraction of sp³-hybridized carbons (Fsp3) is 0.500. The number of carbonyl (C=O) groups is 1. The summed E-state index contributed by atoms with van der Waals surface area (Å²) in [6.07, 6.45) is 8.20. The van der Waals surface area contributed by atoms with Gasteiger partial charge < -0.3 is 14.6 Å². The number of hydrogen-bond donors (Lipinski definition) is 1. The van der Waals surface area contributed by atoms with E-state index in [1.807, 2.05) is 6.92 Å². The van der Waals surface area contributed by atoms with Crippen molar-refractivity contribution in [2.75, 3.05) is 7.11 Å². The van der Waals surface area contributed by atoms with Crippen LogP contribution in [0.25, 0.3) is 6.08 Å². The number of methoxy groups -OCH3 is 1. The zero-order valence-electron chi connectivity index (χ0n) is 13.7. The summed E-state index contributed by atoms with van der Waals surface area (Å²) >= 11 is 0. The van der Waals surface area contributed by atoms with Crippen LogP contribution in [-0.2, 0) is 9.53 Å². The molecular weight excluding hydrogens is 280 g/mol. The molecule has 0 aliphatic rings. The van der Waals surface area contributed by atoms with Crippen LogP contribution in [0.4, 0.5) is 0 Å². The van der Waals surface area contributed by atoms with Crippen molar-refractivity contribution in [2.24, 2.45) is 0 Å².